The maximum Gasteiger partial charge on any atom is 0.264 e. The van der Waals surface area contributed by atoms with Gasteiger partial charge in [-0.25, -0.2) is 26.4 Å². The van der Waals surface area contributed by atoms with Gasteiger partial charge in [0.25, 0.3) is 10.0 Å². The molecule has 2 rings (SSSR count). The van der Waals surface area contributed by atoms with Gasteiger partial charge in [-0.1, -0.05) is 29.8 Å². The minimum Gasteiger partial charge on any atom is -0.278 e. The summed E-state index contributed by atoms with van der Waals surface area (Å²) in [5, 5.41) is 4.64. The normalized spacial score (nSPS) is 12.1. The molecule has 0 atom stereocenters. The van der Waals surface area contributed by atoms with E-state index in [4.69, 9.17) is 16.7 Å². The van der Waals surface area contributed by atoms with E-state index in [0.29, 0.717) is 0 Å². The van der Waals surface area contributed by atoms with Crippen LogP contribution in [0, 0.1) is 5.82 Å². The third-order valence-electron chi connectivity index (χ3n) is 2.64. The Morgan fingerprint density at radius 1 is 1.00 bits per heavy atom. The highest BCUT2D eigenvalue weighted by Crippen LogP contribution is 2.26. The first-order valence-corrected chi connectivity index (χ1v) is 9.12. The fourth-order valence-electron chi connectivity index (χ4n) is 1.69. The van der Waals surface area contributed by atoms with Crippen LogP contribution in [-0.2, 0) is 20.0 Å². The van der Waals surface area contributed by atoms with Gasteiger partial charge in [0.2, 0.25) is 10.0 Å². The number of hydrogen-bond acceptors (Lipinski definition) is 4. The predicted octanol–water partition coefficient (Wildman–Crippen LogP) is 2.17. The second-order valence-corrected chi connectivity index (χ2v) is 7.79. The summed E-state index contributed by atoms with van der Waals surface area (Å²) < 4.78 is 63.1. The van der Waals surface area contributed by atoms with Crippen molar-refractivity contribution in [1.29, 1.82) is 0 Å². The SMILES string of the molecule is NS(=O)(=O)c1ccccc1NS(=O)(=O)c1cccc(Cl)c1F.[HH]. The molecule has 0 radical (unpaired) electrons. The third kappa shape index (κ3) is 3.38. The molecular formula is C12H12ClFN2O4S2. The number of anilines is 1. The van der Waals surface area contributed by atoms with Crippen LogP contribution in [0.1, 0.15) is 1.43 Å². The van der Waals surface area contributed by atoms with Crippen molar-refractivity contribution < 1.29 is 22.7 Å². The van der Waals surface area contributed by atoms with E-state index in [9.17, 15) is 21.2 Å². The van der Waals surface area contributed by atoms with Gasteiger partial charge in [-0.15, -0.1) is 0 Å². The molecule has 10 heteroatoms. The average Bonchev–Trinajstić information content (AvgIpc) is 2.40. The van der Waals surface area contributed by atoms with Crippen LogP contribution >= 0.6 is 11.6 Å². The van der Waals surface area contributed by atoms with Gasteiger partial charge in [-0.05, 0) is 24.3 Å². The number of nitrogens with two attached hydrogens (primary N) is 1. The fraction of sp³-hybridized carbons (Fsp3) is 0. The maximum absolute atomic E-state index is 13.8. The average molecular weight is 367 g/mol. The molecule has 120 valence electrons. The highest BCUT2D eigenvalue weighted by Gasteiger charge is 2.23. The molecule has 6 nitrogen and oxygen atoms in total. The summed E-state index contributed by atoms with van der Waals surface area (Å²) in [4.78, 5) is -1.13. The highest BCUT2D eigenvalue weighted by atomic mass is 35.5. The van der Waals surface area contributed by atoms with Crippen LogP contribution in [0.3, 0.4) is 0 Å². The van der Waals surface area contributed by atoms with E-state index in [2.05, 4.69) is 0 Å². The largest absolute Gasteiger partial charge is 0.278 e. The van der Waals surface area contributed by atoms with Gasteiger partial charge in [-0.3, -0.25) is 4.72 Å². The van der Waals surface area contributed by atoms with Gasteiger partial charge in [0.1, 0.15) is 9.79 Å². The van der Waals surface area contributed by atoms with Gasteiger partial charge in [-0.2, -0.15) is 0 Å². The zero-order valence-corrected chi connectivity index (χ0v) is 13.2. The summed E-state index contributed by atoms with van der Waals surface area (Å²) in [6.45, 7) is 0. The van der Waals surface area contributed by atoms with Gasteiger partial charge in [0.05, 0.1) is 10.7 Å². The van der Waals surface area contributed by atoms with Crippen LogP contribution in [0.2, 0.25) is 5.02 Å². The van der Waals surface area contributed by atoms with Gasteiger partial charge >= 0.3 is 0 Å². The molecule has 0 aliphatic carbocycles. The molecule has 0 saturated carbocycles. The lowest BCUT2D eigenvalue weighted by Gasteiger charge is -2.12. The number of nitrogens with one attached hydrogen (secondary N) is 1. The Morgan fingerprint density at radius 3 is 2.23 bits per heavy atom. The summed E-state index contributed by atoms with van der Waals surface area (Å²) in [5.74, 6) is -1.13. The first-order chi connectivity index (χ1) is 10.1. The van der Waals surface area contributed by atoms with Crippen LogP contribution in [0.15, 0.2) is 52.3 Å². The summed E-state index contributed by atoms with van der Waals surface area (Å²) in [6.07, 6.45) is 0. The third-order valence-corrected chi connectivity index (χ3v) is 5.29. The summed E-state index contributed by atoms with van der Waals surface area (Å²) in [5.41, 5.74) is -0.288. The smallest absolute Gasteiger partial charge is 0.264 e. The molecule has 0 unspecified atom stereocenters. The topological polar surface area (TPSA) is 106 Å². The van der Waals surface area contributed by atoms with E-state index in [1.165, 1.54) is 30.3 Å². The number of halogens is 2. The number of hydrogen-bond donors (Lipinski definition) is 2. The monoisotopic (exact) mass is 366 g/mol. The fourth-order valence-corrected chi connectivity index (χ4v) is 3.86. The second kappa shape index (κ2) is 5.84. The molecule has 0 heterocycles. The van der Waals surface area contributed by atoms with Crippen molar-refractivity contribution in [1.82, 2.24) is 0 Å². The zero-order chi connectivity index (χ0) is 16.5. The first kappa shape index (κ1) is 16.7. The number of benzene rings is 2. The molecule has 0 amide bonds. The molecule has 0 fully saturated rings. The molecule has 0 bridgehead atoms. The minimum atomic E-state index is -4.38. The van der Waals surface area contributed by atoms with E-state index < -0.39 is 35.7 Å². The van der Waals surface area contributed by atoms with Crippen LogP contribution < -0.4 is 9.86 Å². The Hall–Kier alpha value is -1.68. The van der Waals surface area contributed by atoms with Gasteiger partial charge < -0.3 is 0 Å². The van der Waals surface area contributed by atoms with Gasteiger partial charge in [0.15, 0.2) is 5.82 Å². The Bertz CT molecular complexity index is 936. The molecule has 0 aliphatic rings. The van der Waals surface area contributed by atoms with Crippen LogP contribution in [-0.4, -0.2) is 16.8 Å². The quantitative estimate of drug-likeness (QED) is 0.864. The Labute approximate surface area is 133 Å². The van der Waals surface area contributed by atoms with E-state index in [1.807, 2.05) is 4.72 Å². The van der Waals surface area contributed by atoms with Crippen molar-refractivity contribution in [3.05, 3.63) is 53.3 Å². The number of rotatable bonds is 4. The molecule has 0 saturated heterocycles. The van der Waals surface area contributed by atoms with Crippen molar-refractivity contribution in [2.45, 2.75) is 9.79 Å². The summed E-state index contributed by atoms with van der Waals surface area (Å²) in [6, 6.07) is 8.54. The molecule has 2 aromatic rings. The molecule has 2 aromatic carbocycles. The van der Waals surface area contributed by atoms with E-state index in [-0.39, 0.29) is 12.1 Å². The van der Waals surface area contributed by atoms with Crippen molar-refractivity contribution in [3.63, 3.8) is 0 Å². The lowest BCUT2D eigenvalue weighted by atomic mass is 10.3. The molecule has 0 spiro atoms. The first-order valence-electron chi connectivity index (χ1n) is 5.71. The van der Waals surface area contributed by atoms with Crippen molar-refractivity contribution in [3.8, 4) is 0 Å². The Morgan fingerprint density at radius 2 is 1.59 bits per heavy atom. The number of sulfonamides is 2. The Kier molecular flexibility index (Phi) is 4.43. The van der Waals surface area contributed by atoms with Crippen molar-refractivity contribution in [2.24, 2.45) is 5.14 Å². The van der Waals surface area contributed by atoms with Crippen LogP contribution in [0.25, 0.3) is 0 Å². The number of para-hydroxylation sites is 1. The van der Waals surface area contributed by atoms with Gasteiger partial charge in [0, 0.05) is 1.43 Å². The molecule has 0 aromatic heterocycles. The van der Waals surface area contributed by atoms with Crippen molar-refractivity contribution >= 4 is 37.3 Å². The second-order valence-electron chi connectivity index (χ2n) is 4.20. The Balaban J connectivity index is 0.00000264. The summed E-state index contributed by atoms with van der Waals surface area (Å²) in [7, 11) is -8.53. The van der Waals surface area contributed by atoms with Crippen molar-refractivity contribution in [2.75, 3.05) is 4.72 Å². The zero-order valence-electron chi connectivity index (χ0n) is 10.8. The van der Waals surface area contributed by atoms with Crippen LogP contribution in [0.5, 0.6) is 0 Å². The minimum absolute atomic E-state index is 0. The molecule has 22 heavy (non-hydrogen) atoms. The molecule has 3 N–H and O–H groups in total. The highest BCUT2D eigenvalue weighted by molar-refractivity contribution is 7.93. The van der Waals surface area contributed by atoms with Crippen LogP contribution in [0.4, 0.5) is 10.1 Å². The standard InChI is InChI=1S/C12H10ClFN2O4S2.H2/c13-8-4-3-7-11(12(8)14)22(19,20)16-9-5-1-2-6-10(9)21(15,17)18;/h1-7,16H,(H2,15,17,18);1H. The lowest BCUT2D eigenvalue weighted by Crippen LogP contribution is -2.19. The maximum atomic E-state index is 13.8. The van der Waals surface area contributed by atoms with E-state index in [0.717, 1.165) is 12.1 Å². The lowest BCUT2D eigenvalue weighted by molar-refractivity contribution is 0.570. The molecule has 0 aliphatic heterocycles. The predicted molar refractivity (Wildman–Crippen MR) is 82.1 cm³/mol. The summed E-state index contributed by atoms with van der Waals surface area (Å²) >= 11 is 5.54. The van der Waals surface area contributed by atoms with E-state index >= 15 is 0 Å². The number of primary sulfonamides is 1. The molecular weight excluding hydrogens is 355 g/mol. The van der Waals surface area contributed by atoms with E-state index in [1.54, 1.807) is 0 Å².